The van der Waals surface area contributed by atoms with Gasteiger partial charge >= 0.3 is 0 Å². The summed E-state index contributed by atoms with van der Waals surface area (Å²) in [7, 11) is 0. The Balaban J connectivity index is 1.76. The molecule has 37 heavy (non-hydrogen) atoms. The number of hydrogen-bond donors (Lipinski definition) is 5. The Morgan fingerprint density at radius 1 is 1.05 bits per heavy atom. The van der Waals surface area contributed by atoms with Gasteiger partial charge in [-0.05, 0) is 47.9 Å². The number of Topliss-reactive ketones (excluding diaryl/α,β-unsaturated/α-hetero) is 1. The van der Waals surface area contributed by atoms with Gasteiger partial charge in [0.05, 0.1) is 6.21 Å². The van der Waals surface area contributed by atoms with Crippen molar-refractivity contribution in [3.63, 3.8) is 0 Å². The highest BCUT2D eigenvalue weighted by Gasteiger charge is 2.27. The summed E-state index contributed by atoms with van der Waals surface area (Å²) in [6, 6.07) is 8.90. The summed E-state index contributed by atoms with van der Waals surface area (Å²) in [5.41, 5.74) is 2.05. The van der Waals surface area contributed by atoms with Crippen molar-refractivity contribution in [2.24, 2.45) is 0 Å². The van der Waals surface area contributed by atoms with Crippen LogP contribution in [-0.4, -0.2) is 46.8 Å². The number of carbonyl (C=O) groups is 4. The lowest BCUT2D eigenvalue weighted by atomic mass is 10.0. The summed E-state index contributed by atoms with van der Waals surface area (Å²) in [4.78, 5) is 52.7. The van der Waals surface area contributed by atoms with Crippen molar-refractivity contribution < 1.29 is 23.6 Å². The van der Waals surface area contributed by atoms with Gasteiger partial charge in [-0.25, -0.2) is 4.39 Å². The second kappa shape index (κ2) is 12.8. The van der Waals surface area contributed by atoms with E-state index in [4.69, 9.17) is 17.0 Å². The molecule has 11 heteroatoms. The molecule has 0 aliphatic carbocycles. The second-order valence-corrected chi connectivity index (χ2v) is 8.95. The monoisotopic (exact) mass is 527 g/mol. The first kappa shape index (κ1) is 27.5. The van der Waals surface area contributed by atoms with Crippen molar-refractivity contribution in [3.05, 3.63) is 70.6 Å². The van der Waals surface area contributed by atoms with Gasteiger partial charge in [0.15, 0.2) is 5.78 Å². The van der Waals surface area contributed by atoms with Crippen molar-refractivity contribution in [3.8, 4) is 0 Å². The number of aromatic amines is 1. The molecule has 2 atom stereocenters. The highest BCUT2D eigenvalue weighted by Crippen LogP contribution is 2.21. The molecule has 0 aliphatic rings. The summed E-state index contributed by atoms with van der Waals surface area (Å²) in [6.07, 6.45) is 2.15. The van der Waals surface area contributed by atoms with Crippen LogP contribution in [-0.2, 0) is 32.1 Å². The third kappa shape index (κ3) is 7.97. The fourth-order valence-corrected chi connectivity index (χ4v) is 3.93. The van der Waals surface area contributed by atoms with Gasteiger partial charge in [-0.2, -0.15) is 0 Å². The van der Waals surface area contributed by atoms with Crippen LogP contribution in [0.3, 0.4) is 0 Å². The van der Waals surface area contributed by atoms with E-state index in [0.717, 1.165) is 5.56 Å². The van der Waals surface area contributed by atoms with E-state index in [9.17, 15) is 23.6 Å². The first-order valence-corrected chi connectivity index (χ1v) is 11.9. The van der Waals surface area contributed by atoms with E-state index in [1.54, 1.807) is 36.5 Å². The quantitative estimate of drug-likeness (QED) is 0.231. The molecule has 0 aliphatic heterocycles. The van der Waals surface area contributed by atoms with Crippen LogP contribution in [0.15, 0.2) is 48.7 Å². The van der Waals surface area contributed by atoms with E-state index in [1.807, 2.05) is 0 Å². The molecular formula is C26H27ClFN5O4. The number of halogens is 2. The topological polar surface area (TPSA) is 144 Å². The van der Waals surface area contributed by atoms with Crippen LogP contribution in [0.2, 0.25) is 5.02 Å². The maximum absolute atomic E-state index is 13.8. The van der Waals surface area contributed by atoms with Crippen molar-refractivity contribution in [1.29, 1.82) is 5.41 Å². The number of benzene rings is 2. The maximum atomic E-state index is 13.8. The molecule has 0 radical (unpaired) electrons. The molecule has 0 unspecified atom stereocenters. The van der Waals surface area contributed by atoms with Crippen LogP contribution < -0.4 is 16.0 Å². The first-order valence-electron chi connectivity index (χ1n) is 11.5. The third-order valence-corrected chi connectivity index (χ3v) is 5.95. The Bertz CT molecular complexity index is 1310. The minimum Gasteiger partial charge on any atom is -0.361 e. The number of amides is 3. The van der Waals surface area contributed by atoms with Gasteiger partial charge in [0, 0.05) is 48.4 Å². The normalized spacial score (nSPS) is 12.4. The van der Waals surface area contributed by atoms with Crippen LogP contribution in [0.1, 0.15) is 30.9 Å². The smallest absolute Gasteiger partial charge is 0.243 e. The highest BCUT2D eigenvalue weighted by molar-refractivity contribution is 6.30. The second-order valence-electron chi connectivity index (χ2n) is 8.52. The maximum Gasteiger partial charge on any atom is 0.243 e. The number of nitrogens with one attached hydrogen (secondary N) is 5. The molecule has 1 aromatic heterocycles. The van der Waals surface area contributed by atoms with Gasteiger partial charge in [-0.1, -0.05) is 23.7 Å². The Kier molecular flexibility index (Phi) is 9.51. The number of ketones is 1. The van der Waals surface area contributed by atoms with Crippen LogP contribution in [0.25, 0.3) is 10.9 Å². The molecule has 194 valence electrons. The summed E-state index contributed by atoms with van der Waals surface area (Å²) >= 11 is 5.89. The average Bonchev–Trinajstić information content (AvgIpc) is 3.26. The lowest BCUT2D eigenvalue weighted by Crippen LogP contribution is -2.54. The van der Waals surface area contributed by atoms with Crippen LogP contribution in [0.5, 0.6) is 0 Å². The number of rotatable bonds is 12. The first-order chi connectivity index (χ1) is 17.7. The molecule has 1 heterocycles. The van der Waals surface area contributed by atoms with Gasteiger partial charge in [0.25, 0.3) is 0 Å². The van der Waals surface area contributed by atoms with Crippen molar-refractivity contribution in [2.45, 2.75) is 44.8 Å². The largest absolute Gasteiger partial charge is 0.361 e. The number of aromatic nitrogens is 1. The number of carbonyl (C=O) groups excluding carboxylic acids is 4. The van der Waals surface area contributed by atoms with Crippen molar-refractivity contribution in [2.75, 3.05) is 0 Å². The third-order valence-electron chi connectivity index (χ3n) is 5.70. The van der Waals surface area contributed by atoms with Gasteiger partial charge in [0.2, 0.25) is 17.7 Å². The van der Waals surface area contributed by atoms with E-state index in [-0.39, 0.29) is 25.8 Å². The van der Waals surface area contributed by atoms with E-state index in [0.29, 0.717) is 27.7 Å². The minimum absolute atomic E-state index is 0.0351. The Morgan fingerprint density at radius 2 is 1.78 bits per heavy atom. The molecule has 0 fully saturated rings. The molecule has 2 aromatic carbocycles. The summed E-state index contributed by atoms with van der Waals surface area (Å²) in [5, 5.41) is 16.1. The predicted molar refractivity (Wildman–Crippen MR) is 138 cm³/mol. The average molecular weight is 528 g/mol. The highest BCUT2D eigenvalue weighted by atomic mass is 35.5. The molecule has 0 spiro atoms. The predicted octanol–water partition coefficient (Wildman–Crippen LogP) is 2.81. The Morgan fingerprint density at radius 3 is 2.46 bits per heavy atom. The molecular weight excluding hydrogens is 501 g/mol. The number of fused-ring (bicyclic) bond motifs is 1. The van der Waals surface area contributed by atoms with Crippen molar-refractivity contribution >= 4 is 52.2 Å². The molecule has 3 rings (SSSR count). The van der Waals surface area contributed by atoms with Gasteiger partial charge in [-0.15, -0.1) is 0 Å². The van der Waals surface area contributed by atoms with Crippen LogP contribution in [0.4, 0.5) is 4.39 Å². The SMILES string of the molecule is CC(=O)N[C@@H](Cc1c[nH]c2ccc(F)cc12)C(=O)N[C@@H](CCC(=O)C=N)C(=O)NCc1ccc(Cl)cc1. The van der Waals surface area contributed by atoms with E-state index < -0.39 is 41.4 Å². The molecule has 0 bridgehead atoms. The molecule has 0 saturated carbocycles. The molecule has 3 amide bonds. The van der Waals surface area contributed by atoms with Crippen molar-refractivity contribution in [1.82, 2.24) is 20.9 Å². The van der Waals surface area contributed by atoms with Gasteiger partial charge in [0.1, 0.15) is 17.9 Å². The van der Waals surface area contributed by atoms with Gasteiger partial charge < -0.3 is 26.3 Å². The number of hydrogen-bond acceptors (Lipinski definition) is 5. The minimum atomic E-state index is -1.10. The van der Waals surface area contributed by atoms with Crippen LogP contribution >= 0.6 is 11.6 Å². The lowest BCUT2D eigenvalue weighted by Gasteiger charge is -2.23. The zero-order chi connectivity index (χ0) is 26.9. The zero-order valence-corrected chi connectivity index (χ0v) is 20.8. The van der Waals surface area contributed by atoms with E-state index in [1.165, 1.54) is 19.1 Å². The number of H-pyrrole nitrogens is 1. The van der Waals surface area contributed by atoms with E-state index >= 15 is 0 Å². The Hall–Kier alpha value is -4.05. The zero-order valence-electron chi connectivity index (χ0n) is 20.1. The fraction of sp³-hybridized carbons (Fsp3) is 0.269. The molecule has 5 N–H and O–H groups in total. The Labute approximate surface area is 217 Å². The lowest BCUT2D eigenvalue weighted by molar-refractivity contribution is -0.132. The molecule has 9 nitrogen and oxygen atoms in total. The molecule has 3 aromatic rings. The van der Waals surface area contributed by atoms with Crippen LogP contribution in [0, 0.1) is 11.2 Å². The summed E-state index contributed by atoms with van der Waals surface area (Å²) < 4.78 is 13.8. The summed E-state index contributed by atoms with van der Waals surface area (Å²) in [5.74, 6) is -2.58. The molecule has 0 saturated heterocycles. The standard InChI is InChI=1S/C26H27ClFN5O4/c1-15(34)32-24(10-17-14-30-22-8-6-19(28)11-21(17)22)26(37)33-23(9-7-20(35)12-29)25(36)31-13-16-2-4-18(27)5-3-16/h2-6,8,11-12,14,23-24,29-30H,7,9-10,13H2,1H3,(H,31,36)(H,32,34)(H,33,37)/t23-,24-/m0/s1. The van der Waals surface area contributed by atoms with E-state index in [2.05, 4.69) is 20.9 Å². The fourth-order valence-electron chi connectivity index (χ4n) is 3.81. The summed E-state index contributed by atoms with van der Waals surface area (Å²) in [6.45, 7) is 1.42. The van der Waals surface area contributed by atoms with Gasteiger partial charge in [-0.3, -0.25) is 19.2 Å².